The zero-order chi connectivity index (χ0) is 23.5. The number of aromatic nitrogens is 2. The Bertz CT molecular complexity index is 1280. The van der Waals surface area contributed by atoms with Gasteiger partial charge in [0.1, 0.15) is 0 Å². The maximum atomic E-state index is 13.3. The van der Waals surface area contributed by atoms with Crippen LogP contribution in [0.3, 0.4) is 0 Å². The van der Waals surface area contributed by atoms with Gasteiger partial charge in [-0.05, 0) is 43.0 Å². The molecule has 33 heavy (non-hydrogen) atoms. The van der Waals surface area contributed by atoms with E-state index in [-0.39, 0.29) is 24.2 Å². The summed E-state index contributed by atoms with van der Waals surface area (Å²) in [6, 6.07) is 13.2. The van der Waals surface area contributed by atoms with Crippen LogP contribution in [0.1, 0.15) is 47.7 Å². The van der Waals surface area contributed by atoms with Gasteiger partial charge in [0.25, 0.3) is 5.91 Å². The molecule has 172 valence electrons. The summed E-state index contributed by atoms with van der Waals surface area (Å²) in [7, 11) is 1.72. The number of nitriles is 1. The van der Waals surface area contributed by atoms with Gasteiger partial charge in [0.15, 0.2) is 0 Å². The van der Waals surface area contributed by atoms with Crippen LogP contribution in [0.2, 0.25) is 0 Å². The number of anilines is 1. The van der Waals surface area contributed by atoms with E-state index in [2.05, 4.69) is 16.3 Å². The highest BCUT2D eigenvalue weighted by atomic mass is 16.2. The van der Waals surface area contributed by atoms with Crippen molar-refractivity contribution < 1.29 is 4.79 Å². The molecule has 1 amide bonds. The van der Waals surface area contributed by atoms with E-state index in [1.165, 1.54) is 0 Å². The summed E-state index contributed by atoms with van der Waals surface area (Å²) in [6.07, 6.45) is 2.74. The second-order valence-electron chi connectivity index (χ2n) is 8.66. The number of amides is 1. The third kappa shape index (κ3) is 4.37. The number of aryl methyl sites for hydroxylation is 1. The van der Waals surface area contributed by atoms with Gasteiger partial charge in [-0.3, -0.25) is 13.9 Å². The van der Waals surface area contributed by atoms with E-state index in [0.717, 1.165) is 42.6 Å². The van der Waals surface area contributed by atoms with Crippen molar-refractivity contribution in [2.24, 2.45) is 12.8 Å². The molecule has 1 aliphatic rings. The lowest BCUT2D eigenvalue weighted by Crippen LogP contribution is -2.43. The first-order chi connectivity index (χ1) is 15.9. The van der Waals surface area contributed by atoms with Crippen LogP contribution in [-0.4, -0.2) is 40.7 Å². The molecule has 0 radical (unpaired) electrons. The van der Waals surface area contributed by atoms with Gasteiger partial charge in [-0.15, -0.1) is 0 Å². The van der Waals surface area contributed by atoms with Gasteiger partial charge in [0.05, 0.1) is 34.9 Å². The van der Waals surface area contributed by atoms with E-state index in [0.29, 0.717) is 29.7 Å². The number of benzene rings is 2. The average molecular weight is 447 g/mol. The van der Waals surface area contributed by atoms with Gasteiger partial charge in [0.2, 0.25) is 0 Å². The van der Waals surface area contributed by atoms with Gasteiger partial charge in [-0.1, -0.05) is 25.1 Å². The number of nitrogens with one attached hydrogen (secondary N) is 1. The Morgan fingerprint density at radius 2 is 2.09 bits per heavy atom. The zero-order valence-corrected chi connectivity index (χ0v) is 19.2. The molecule has 1 saturated heterocycles. The maximum absolute atomic E-state index is 13.3. The molecule has 1 aliphatic heterocycles. The lowest BCUT2D eigenvalue weighted by atomic mass is 10.0. The minimum Gasteiger partial charge on any atom is -0.368 e. The molecule has 1 aromatic heterocycles. The third-order valence-electron chi connectivity index (χ3n) is 6.28. The van der Waals surface area contributed by atoms with Crippen LogP contribution in [0.5, 0.6) is 0 Å². The summed E-state index contributed by atoms with van der Waals surface area (Å²) in [6.45, 7) is 4.33. The van der Waals surface area contributed by atoms with Crippen molar-refractivity contribution in [3.05, 3.63) is 63.6 Å². The quantitative estimate of drug-likeness (QED) is 0.604. The molecule has 4 rings (SSSR count). The van der Waals surface area contributed by atoms with Crippen LogP contribution in [0.4, 0.5) is 5.69 Å². The van der Waals surface area contributed by atoms with E-state index < -0.39 is 0 Å². The Kier molecular flexibility index (Phi) is 6.52. The molecule has 8 heteroatoms. The average Bonchev–Trinajstić information content (AvgIpc) is 3.07. The molecule has 1 fully saturated rings. The summed E-state index contributed by atoms with van der Waals surface area (Å²) in [5, 5.41) is 12.5. The van der Waals surface area contributed by atoms with Crippen LogP contribution in [0.15, 0.2) is 41.2 Å². The number of carbonyl (C=O) groups excluding carboxylic acids is 1. The summed E-state index contributed by atoms with van der Waals surface area (Å²) >= 11 is 0. The number of fused-ring (bicyclic) bond motifs is 1. The molecule has 0 bridgehead atoms. The SMILES string of the molecule is CCCNC(=O)c1cc(N2CCC[C@@H](N)C2)c2c(c1)n(C)c(=O)n2Cc1ccccc1C#N. The molecule has 2 heterocycles. The molecular formula is C25H30N6O2. The fourth-order valence-electron chi connectivity index (χ4n) is 4.54. The first kappa shape index (κ1) is 22.6. The fraction of sp³-hybridized carbons (Fsp3) is 0.400. The number of piperidine rings is 1. The van der Waals surface area contributed by atoms with Gasteiger partial charge in [-0.25, -0.2) is 4.79 Å². The fourth-order valence-corrected chi connectivity index (χ4v) is 4.54. The Morgan fingerprint density at radius 3 is 2.82 bits per heavy atom. The Balaban J connectivity index is 1.92. The van der Waals surface area contributed by atoms with Gasteiger partial charge < -0.3 is 16.0 Å². The van der Waals surface area contributed by atoms with E-state index in [1.807, 2.05) is 31.2 Å². The monoisotopic (exact) mass is 446 g/mol. The normalized spacial score (nSPS) is 16.1. The second-order valence-corrected chi connectivity index (χ2v) is 8.66. The van der Waals surface area contributed by atoms with Crippen molar-refractivity contribution in [2.75, 3.05) is 24.5 Å². The predicted molar refractivity (Wildman–Crippen MR) is 129 cm³/mol. The number of nitrogens with zero attached hydrogens (tertiary/aromatic N) is 4. The molecule has 3 N–H and O–H groups in total. The summed E-state index contributed by atoms with van der Waals surface area (Å²) < 4.78 is 3.28. The third-order valence-corrected chi connectivity index (χ3v) is 6.28. The largest absolute Gasteiger partial charge is 0.368 e. The maximum Gasteiger partial charge on any atom is 0.329 e. The van der Waals surface area contributed by atoms with Crippen LogP contribution >= 0.6 is 0 Å². The molecule has 3 aromatic rings. The van der Waals surface area contributed by atoms with Crippen LogP contribution in [0, 0.1) is 11.3 Å². The minimum absolute atomic E-state index is 0.0366. The van der Waals surface area contributed by atoms with Crippen molar-refractivity contribution in [1.29, 1.82) is 5.26 Å². The summed E-state index contributed by atoms with van der Waals surface area (Å²) in [5.41, 5.74) is 10.2. The smallest absolute Gasteiger partial charge is 0.329 e. The van der Waals surface area contributed by atoms with E-state index in [1.54, 1.807) is 28.3 Å². The topological polar surface area (TPSA) is 109 Å². The van der Waals surface area contributed by atoms with E-state index in [9.17, 15) is 14.9 Å². The summed E-state index contributed by atoms with van der Waals surface area (Å²) in [5.74, 6) is -0.156. The molecule has 0 unspecified atom stereocenters. The minimum atomic E-state index is -0.189. The highest BCUT2D eigenvalue weighted by molar-refractivity contribution is 6.02. The molecule has 2 aromatic carbocycles. The first-order valence-corrected chi connectivity index (χ1v) is 11.4. The van der Waals surface area contributed by atoms with Gasteiger partial charge >= 0.3 is 5.69 Å². The van der Waals surface area contributed by atoms with E-state index >= 15 is 0 Å². The van der Waals surface area contributed by atoms with E-state index in [4.69, 9.17) is 5.73 Å². The van der Waals surface area contributed by atoms with Crippen molar-refractivity contribution in [1.82, 2.24) is 14.5 Å². The van der Waals surface area contributed by atoms with Crippen molar-refractivity contribution >= 4 is 22.6 Å². The second kappa shape index (κ2) is 9.51. The van der Waals surface area contributed by atoms with Gasteiger partial charge in [0, 0.05) is 38.3 Å². The zero-order valence-electron chi connectivity index (χ0n) is 19.2. The highest BCUT2D eigenvalue weighted by Crippen LogP contribution is 2.31. The number of rotatable bonds is 6. The summed E-state index contributed by atoms with van der Waals surface area (Å²) in [4.78, 5) is 28.4. The van der Waals surface area contributed by atoms with Crippen LogP contribution in [-0.2, 0) is 13.6 Å². The Labute approximate surface area is 193 Å². The molecule has 0 saturated carbocycles. The molecular weight excluding hydrogens is 416 g/mol. The number of imidazole rings is 1. The van der Waals surface area contributed by atoms with Crippen LogP contribution < -0.4 is 21.6 Å². The molecule has 1 atom stereocenters. The standard InChI is InChI=1S/C25H30N6O2/c1-3-10-28-24(32)19-12-21-23(22(13-19)30-11-6-9-20(27)16-30)31(25(33)29(21)2)15-18-8-5-4-7-17(18)14-26/h4-5,7-8,12-13,20H,3,6,9-11,15-16,27H2,1-2H3,(H,28,32)/t20-/m1/s1. The Hall–Kier alpha value is -3.57. The van der Waals surface area contributed by atoms with Crippen molar-refractivity contribution in [2.45, 2.75) is 38.8 Å². The predicted octanol–water partition coefficient (Wildman–Crippen LogP) is 2.33. The lowest BCUT2D eigenvalue weighted by molar-refractivity contribution is 0.0954. The lowest BCUT2D eigenvalue weighted by Gasteiger charge is -2.33. The molecule has 0 spiro atoms. The van der Waals surface area contributed by atoms with Crippen molar-refractivity contribution in [3.63, 3.8) is 0 Å². The number of carbonyl (C=O) groups is 1. The van der Waals surface area contributed by atoms with Crippen LogP contribution in [0.25, 0.3) is 11.0 Å². The molecule has 0 aliphatic carbocycles. The number of hydrogen-bond donors (Lipinski definition) is 2. The highest BCUT2D eigenvalue weighted by Gasteiger charge is 2.25. The van der Waals surface area contributed by atoms with Gasteiger partial charge in [-0.2, -0.15) is 5.26 Å². The Morgan fingerprint density at radius 1 is 1.30 bits per heavy atom. The van der Waals surface area contributed by atoms with Crippen molar-refractivity contribution in [3.8, 4) is 6.07 Å². The number of nitrogens with two attached hydrogens (primary N) is 1. The molecule has 8 nitrogen and oxygen atoms in total. The first-order valence-electron chi connectivity index (χ1n) is 11.4. The number of hydrogen-bond acceptors (Lipinski definition) is 5.